The van der Waals surface area contributed by atoms with E-state index in [1.54, 1.807) is 23.5 Å². The van der Waals surface area contributed by atoms with Crippen molar-refractivity contribution in [3.05, 3.63) is 70.5 Å². The molecule has 114 valence electrons. The van der Waals surface area contributed by atoms with Crippen molar-refractivity contribution in [1.82, 2.24) is 4.98 Å². The van der Waals surface area contributed by atoms with Crippen molar-refractivity contribution in [3.63, 3.8) is 0 Å². The first-order valence-corrected chi connectivity index (χ1v) is 7.95. The SMILES string of the molecule is Cc1nc(-c2ccccc2)sc1CNc1cccc(F)c1C#N. The van der Waals surface area contributed by atoms with Gasteiger partial charge in [-0.2, -0.15) is 5.26 Å². The summed E-state index contributed by atoms with van der Waals surface area (Å²) in [5.41, 5.74) is 2.56. The molecule has 0 spiro atoms. The number of anilines is 1. The molecule has 0 unspecified atom stereocenters. The maximum Gasteiger partial charge on any atom is 0.143 e. The molecule has 0 saturated carbocycles. The zero-order valence-corrected chi connectivity index (χ0v) is 13.3. The van der Waals surface area contributed by atoms with Gasteiger partial charge in [0.05, 0.1) is 17.9 Å². The molecule has 0 fully saturated rings. The van der Waals surface area contributed by atoms with E-state index >= 15 is 0 Å². The maximum atomic E-state index is 13.6. The number of rotatable bonds is 4. The second kappa shape index (κ2) is 6.59. The van der Waals surface area contributed by atoms with Crippen LogP contribution in [-0.4, -0.2) is 4.98 Å². The topological polar surface area (TPSA) is 48.7 Å². The Bertz CT molecular complexity index is 866. The number of aromatic nitrogens is 1. The smallest absolute Gasteiger partial charge is 0.143 e. The summed E-state index contributed by atoms with van der Waals surface area (Å²) in [4.78, 5) is 5.66. The maximum absolute atomic E-state index is 13.6. The molecule has 0 amide bonds. The standard InChI is InChI=1S/C18H14FN3S/c1-12-17(23-18(22-12)13-6-3-2-4-7-13)11-21-16-9-5-8-15(19)14(16)10-20/h2-9,21H,11H2,1H3. The Morgan fingerprint density at radius 1 is 1.17 bits per heavy atom. The van der Waals surface area contributed by atoms with Crippen LogP contribution in [0.2, 0.25) is 0 Å². The first-order chi connectivity index (χ1) is 11.2. The minimum atomic E-state index is -0.511. The van der Waals surface area contributed by atoms with Gasteiger partial charge in [-0.05, 0) is 19.1 Å². The second-order valence-corrected chi connectivity index (χ2v) is 6.11. The van der Waals surface area contributed by atoms with Crippen LogP contribution in [0, 0.1) is 24.1 Å². The van der Waals surface area contributed by atoms with Gasteiger partial charge in [-0.3, -0.25) is 0 Å². The summed E-state index contributed by atoms with van der Waals surface area (Å²) in [7, 11) is 0. The van der Waals surface area contributed by atoms with Crippen LogP contribution < -0.4 is 5.32 Å². The predicted molar refractivity (Wildman–Crippen MR) is 90.7 cm³/mol. The van der Waals surface area contributed by atoms with Gasteiger partial charge in [0.15, 0.2) is 0 Å². The molecule has 0 radical (unpaired) electrons. The Morgan fingerprint density at radius 3 is 2.70 bits per heavy atom. The fraction of sp³-hybridized carbons (Fsp3) is 0.111. The molecule has 3 nitrogen and oxygen atoms in total. The van der Waals surface area contributed by atoms with Crippen LogP contribution >= 0.6 is 11.3 Å². The average molecular weight is 323 g/mol. The molecule has 3 aromatic rings. The average Bonchev–Trinajstić information content (AvgIpc) is 2.95. The molecular formula is C18H14FN3S. The number of nitrogens with one attached hydrogen (secondary N) is 1. The van der Waals surface area contributed by atoms with E-state index in [2.05, 4.69) is 10.3 Å². The van der Waals surface area contributed by atoms with E-state index in [1.165, 1.54) is 6.07 Å². The second-order valence-electron chi connectivity index (χ2n) is 5.02. The molecule has 1 N–H and O–H groups in total. The van der Waals surface area contributed by atoms with Crippen LogP contribution in [0.1, 0.15) is 16.1 Å². The molecule has 0 aliphatic heterocycles. The first kappa shape index (κ1) is 15.2. The van der Waals surface area contributed by atoms with Crippen LogP contribution in [0.25, 0.3) is 10.6 Å². The lowest BCUT2D eigenvalue weighted by Crippen LogP contribution is -2.02. The highest BCUT2D eigenvalue weighted by atomic mass is 32.1. The number of nitrogens with zero attached hydrogens (tertiary/aromatic N) is 2. The molecule has 0 aliphatic rings. The van der Waals surface area contributed by atoms with Gasteiger partial charge in [0.1, 0.15) is 22.5 Å². The largest absolute Gasteiger partial charge is 0.379 e. The molecule has 2 aromatic carbocycles. The summed E-state index contributed by atoms with van der Waals surface area (Å²) >= 11 is 1.60. The van der Waals surface area contributed by atoms with Crippen LogP contribution in [0.3, 0.4) is 0 Å². The summed E-state index contributed by atoms with van der Waals surface area (Å²) < 4.78 is 13.6. The van der Waals surface area contributed by atoms with Gasteiger partial charge in [0.25, 0.3) is 0 Å². The molecule has 0 bridgehead atoms. The summed E-state index contributed by atoms with van der Waals surface area (Å²) in [5, 5.41) is 13.2. The molecule has 23 heavy (non-hydrogen) atoms. The normalized spacial score (nSPS) is 10.3. The van der Waals surface area contributed by atoms with Crippen molar-refractivity contribution in [1.29, 1.82) is 5.26 Å². The summed E-state index contributed by atoms with van der Waals surface area (Å²) in [5.74, 6) is -0.511. The Morgan fingerprint density at radius 2 is 1.96 bits per heavy atom. The zero-order chi connectivity index (χ0) is 16.2. The van der Waals surface area contributed by atoms with Crippen LogP contribution in [0.15, 0.2) is 48.5 Å². The fourth-order valence-electron chi connectivity index (χ4n) is 2.26. The number of thiazole rings is 1. The molecule has 5 heteroatoms. The van der Waals surface area contributed by atoms with Gasteiger partial charge in [-0.15, -0.1) is 11.3 Å². The van der Waals surface area contributed by atoms with E-state index in [-0.39, 0.29) is 5.56 Å². The van der Waals surface area contributed by atoms with Crippen molar-refractivity contribution in [2.45, 2.75) is 13.5 Å². The Kier molecular flexibility index (Phi) is 4.35. The van der Waals surface area contributed by atoms with Gasteiger partial charge >= 0.3 is 0 Å². The van der Waals surface area contributed by atoms with Crippen molar-refractivity contribution in [2.75, 3.05) is 5.32 Å². The highest BCUT2D eigenvalue weighted by molar-refractivity contribution is 7.15. The van der Waals surface area contributed by atoms with E-state index in [1.807, 2.05) is 43.3 Å². The molecule has 0 aliphatic carbocycles. The van der Waals surface area contributed by atoms with E-state index < -0.39 is 5.82 Å². The van der Waals surface area contributed by atoms with Crippen LogP contribution in [0.5, 0.6) is 0 Å². The van der Waals surface area contributed by atoms with Gasteiger partial charge in [-0.25, -0.2) is 9.37 Å². The van der Waals surface area contributed by atoms with E-state index in [4.69, 9.17) is 5.26 Å². The third kappa shape index (κ3) is 3.22. The van der Waals surface area contributed by atoms with E-state index in [0.717, 1.165) is 21.1 Å². The van der Waals surface area contributed by atoms with E-state index in [0.29, 0.717) is 12.2 Å². The van der Waals surface area contributed by atoms with Crippen LogP contribution in [-0.2, 0) is 6.54 Å². The lowest BCUT2D eigenvalue weighted by Gasteiger charge is -2.07. The molecule has 1 heterocycles. The Balaban J connectivity index is 1.81. The number of hydrogen-bond acceptors (Lipinski definition) is 4. The van der Waals surface area contributed by atoms with Gasteiger partial charge in [0.2, 0.25) is 0 Å². The number of nitriles is 1. The third-order valence-electron chi connectivity index (χ3n) is 3.48. The van der Waals surface area contributed by atoms with Gasteiger partial charge in [0, 0.05) is 10.4 Å². The van der Waals surface area contributed by atoms with Crippen molar-refractivity contribution in [3.8, 4) is 16.6 Å². The lowest BCUT2D eigenvalue weighted by atomic mass is 10.2. The monoisotopic (exact) mass is 323 g/mol. The van der Waals surface area contributed by atoms with Crippen molar-refractivity contribution >= 4 is 17.0 Å². The first-order valence-electron chi connectivity index (χ1n) is 7.13. The molecule has 3 rings (SSSR count). The quantitative estimate of drug-likeness (QED) is 0.754. The number of aryl methyl sites for hydroxylation is 1. The summed E-state index contributed by atoms with van der Waals surface area (Å²) in [6.07, 6.45) is 0. The van der Waals surface area contributed by atoms with Crippen molar-refractivity contribution < 1.29 is 4.39 Å². The molecule has 0 atom stereocenters. The zero-order valence-electron chi connectivity index (χ0n) is 12.5. The summed E-state index contributed by atoms with van der Waals surface area (Å²) in [6.45, 7) is 2.46. The lowest BCUT2D eigenvalue weighted by molar-refractivity contribution is 0.624. The fourth-order valence-corrected chi connectivity index (χ4v) is 3.26. The van der Waals surface area contributed by atoms with Gasteiger partial charge in [-0.1, -0.05) is 36.4 Å². The van der Waals surface area contributed by atoms with Crippen molar-refractivity contribution in [2.24, 2.45) is 0 Å². The molecular weight excluding hydrogens is 309 g/mol. The van der Waals surface area contributed by atoms with E-state index in [9.17, 15) is 4.39 Å². The summed E-state index contributed by atoms with van der Waals surface area (Å²) in [6, 6.07) is 16.5. The molecule has 1 aromatic heterocycles. The Hall–Kier alpha value is -2.71. The third-order valence-corrected chi connectivity index (χ3v) is 4.68. The number of hydrogen-bond donors (Lipinski definition) is 1. The Labute approximate surface area is 138 Å². The van der Waals surface area contributed by atoms with Crippen LogP contribution in [0.4, 0.5) is 10.1 Å². The predicted octanol–water partition coefficient (Wildman–Crippen LogP) is 4.74. The minimum absolute atomic E-state index is 0.0398. The van der Waals surface area contributed by atoms with Gasteiger partial charge < -0.3 is 5.32 Å². The molecule has 0 saturated heterocycles. The number of benzene rings is 2. The minimum Gasteiger partial charge on any atom is -0.379 e. The highest BCUT2D eigenvalue weighted by Crippen LogP contribution is 2.28. The highest BCUT2D eigenvalue weighted by Gasteiger charge is 2.11. The number of halogens is 1.